The van der Waals surface area contributed by atoms with Crippen LogP contribution in [-0.2, 0) is 13.6 Å². The van der Waals surface area contributed by atoms with Crippen molar-refractivity contribution < 1.29 is 0 Å². The zero-order chi connectivity index (χ0) is 15.1. The summed E-state index contributed by atoms with van der Waals surface area (Å²) in [4.78, 5) is 11.2. The van der Waals surface area contributed by atoms with Gasteiger partial charge in [-0.1, -0.05) is 0 Å². The van der Waals surface area contributed by atoms with Crippen LogP contribution in [0.3, 0.4) is 0 Å². The van der Waals surface area contributed by atoms with Gasteiger partial charge < -0.3 is 4.90 Å². The molecule has 3 aromatic rings. The predicted octanol–water partition coefficient (Wildman–Crippen LogP) is 1.54. The van der Waals surface area contributed by atoms with Crippen molar-refractivity contribution in [3.05, 3.63) is 30.5 Å². The van der Waals surface area contributed by atoms with Crippen molar-refractivity contribution in [2.24, 2.45) is 7.05 Å². The molecule has 0 unspecified atom stereocenters. The van der Waals surface area contributed by atoms with Crippen LogP contribution < -0.4 is 4.90 Å². The molecule has 0 aromatic carbocycles. The monoisotopic (exact) mass is 297 g/mol. The average Bonchev–Trinajstić information content (AvgIpc) is 3.21. The molecule has 0 spiro atoms. The summed E-state index contributed by atoms with van der Waals surface area (Å²) in [5, 5.41) is 9.75. The third-order valence-corrected chi connectivity index (χ3v) is 4.32. The first-order valence-electron chi connectivity index (χ1n) is 7.61. The van der Waals surface area contributed by atoms with E-state index >= 15 is 0 Å². The van der Waals surface area contributed by atoms with Crippen molar-refractivity contribution in [1.29, 1.82) is 0 Å². The Kier molecular flexibility index (Phi) is 3.06. The Balaban J connectivity index is 1.67. The summed E-state index contributed by atoms with van der Waals surface area (Å²) in [6, 6.07) is 0.414. The SMILES string of the molecule is Cc1cnn(C[C@H]2CCCN2c2ncnc3c2cnn3C)c1. The summed E-state index contributed by atoms with van der Waals surface area (Å²) in [6.45, 7) is 3.98. The molecule has 4 heterocycles. The number of nitrogens with zero attached hydrogens (tertiary/aromatic N) is 7. The molecular weight excluding hydrogens is 278 g/mol. The second-order valence-electron chi connectivity index (χ2n) is 5.93. The first-order chi connectivity index (χ1) is 10.7. The van der Waals surface area contributed by atoms with Crippen LogP contribution >= 0.6 is 0 Å². The molecule has 0 amide bonds. The highest BCUT2D eigenvalue weighted by Crippen LogP contribution is 2.29. The summed E-state index contributed by atoms with van der Waals surface area (Å²) in [5.41, 5.74) is 2.08. The van der Waals surface area contributed by atoms with Crippen LogP contribution in [0.5, 0.6) is 0 Å². The van der Waals surface area contributed by atoms with Gasteiger partial charge in [-0.15, -0.1) is 0 Å². The predicted molar refractivity (Wildman–Crippen MR) is 83.6 cm³/mol. The van der Waals surface area contributed by atoms with Crippen molar-refractivity contribution in [1.82, 2.24) is 29.5 Å². The Morgan fingerprint density at radius 3 is 2.95 bits per heavy atom. The lowest BCUT2D eigenvalue weighted by molar-refractivity contribution is 0.507. The Bertz CT molecular complexity index is 803. The number of hydrogen-bond acceptors (Lipinski definition) is 5. The van der Waals surface area contributed by atoms with Gasteiger partial charge in [0, 0.05) is 19.8 Å². The van der Waals surface area contributed by atoms with Gasteiger partial charge in [-0.05, 0) is 25.3 Å². The molecule has 0 aliphatic carbocycles. The number of aromatic nitrogens is 6. The van der Waals surface area contributed by atoms with Crippen molar-refractivity contribution in [2.45, 2.75) is 32.4 Å². The zero-order valence-electron chi connectivity index (χ0n) is 12.8. The second kappa shape index (κ2) is 5.08. The van der Waals surface area contributed by atoms with Gasteiger partial charge in [0.2, 0.25) is 0 Å². The average molecular weight is 297 g/mol. The largest absolute Gasteiger partial charge is 0.351 e. The Labute approximate surface area is 128 Å². The molecule has 0 bridgehead atoms. The van der Waals surface area contributed by atoms with Crippen LogP contribution in [0.1, 0.15) is 18.4 Å². The minimum Gasteiger partial charge on any atom is -0.351 e. The smallest absolute Gasteiger partial charge is 0.163 e. The lowest BCUT2D eigenvalue weighted by Crippen LogP contribution is -2.33. The summed E-state index contributed by atoms with van der Waals surface area (Å²) < 4.78 is 3.82. The van der Waals surface area contributed by atoms with E-state index in [4.69, 9.17) is 0 Å². The Morgan fingerprint density at radius 2 is 2.14 bits per heavy atom. The second-order valence-corrected chi connectivity index (χ2v) is 5.93. The number of anilines is 1. The standard InChI is InChI=1S/C15H19N7/c1-11-6-19-21(8-11)9-12-4-3-5-22(12)15-13-7-18-20(2)14(13)16-10-17-15/h6-8,10,12H,3-5,9H2,1-2H3/t12-/m1/s1. The first kappa shape index (κ1) is 13.2. The summed E-state index contributed by atoms with van der Waals surface area (Å²) >= 11 is 0. The molecule has 7 nitrogen and oxygen atoms in total. The molecule has 1 aliphatic heterocycles. The summed E-state index contributed by atoms with van der Waals surface area (Å²) in [5.74, 6) is 0.990. The lowest BCUT2D eigenvalue weighted by Gasteiger charge is -2.26. The third kappa shape index (κ3) is 2.13. The van der Waals surface area contributed by atoms with E-state index in [9.17, 15) is 0 Å². The van der Waals surface area contributed by atoms with Crippen LogP contribution in [0.15, 0.2) is 24.9 Å². The highest BCUT2D eigenvalue weighted by Gasteiger charge is 2.28. The molecule has 1 atom stereocenters. The van der Waals surface area contributed by atoms with E-state index < -0.39 is 0 Å². The van der Waals surface area contributed by atoms with Gasteiger partial charge >= 0.3 is 0 Å². The molecule has 3 aromatic heterocycles. The van der Waals surface area contributed by atoms with Gasteiger partial charge in [0.05, 0.1) is 30.4 Å². The maximum absolute atomic E-state index is 4.53. The molecule has 0 saturated carbocycles. The van der Waals surface area contributed by atoms with Crippen LogP contribution in [0, 0.1) is 6.92 Å². The van der Waals surface area contributed by atoms with Gasteiger partial charge in [-0.25, -0.2) is 9.97 Å². The fourth-order valence-electron chi connectivity index (χ4n) is 3.27. The van der Waals surface area contributed by atoms with Crippen molar-refractivity contribution in [2.75, 3.05) is 11.4 Å². The molecular formula is C15H19N7. The van der Waals surface area contributed by atoms with Crippen molar-refractivity contribution >= 4 is 16.9 Å². The number of aryl methyl sites for hydroxylation is 2. The van der Waals surface area contributed by atoms with Crippen molar-refractivity contribution in [3.63, 3.8) is 0 Å². The molecule has 114 valence electrons. The topological polar surface area (TPSA) is 64.7 Å². The fourth-order valence-corrected chi connectivity index (χ4v) is 3.27. The van der Waals surface area contributed by atoms with E-state index in [-0.39, 0.29) is 0 Å². The van der Waals surface area contributed by atoms with Crippen LogP contribution in [0.4, 0.5) is 5.82 Å². The molecule has 1 saturated heterocycles. The van der Waals surface area contributed by atoms with E-state index in [1.165, 1.54) is 12.0 Å². The Morgan fingerprint density at radius 1 is 1.23 bits per heavy atom. The maximum atomic E-state index is 4.53. The molecule has 1 aliphatic rings. The van der Waals surface area contributed by atoms with E-state index in [2.05, 4.69) is 38.2 Å². The van der Waals surface area contributed by atoms with E-state index in [1.54, 1.807) is 11.0 Å². The molecule has 22 heavy (non-hydrogen) atoms. The van der Waals surface area contributed by atoms with Gasteiger partial charge in [0.1, 0.15) is 12.1 Å². The highest BCUT2D eigenvalue weighted by atomic mass is 15.3. The summed E-state index contributed by atoms with van der Waals surface area (Å²) in [6.07, 6.45) is 9.83. The molecule has 0 N–H and O–H groups in total. The summed E-state index contributed by atoms with van der Waals surface area (Å²) in [7, 11) is 1.91. The van der Waals surface area contributed by atoms with E-state index in [0.717, 1.165) is 36.4 Å². The minimum atomic E-state index is 0.414. The molecule has 7 heteroatoms. The van der Waals surface area contributed by atoms with Crippen LogP contribution in [-0.4, -0.2) is 42.1 Å². The van der Waals surface area contributed by atoms with E-state index in [1.807, 2.05) is 24.1 Å². The minimum absolute atomic E-state index is 0.414. The third-order valence-electron chi connectivity index (χ3n) is 4.32. The molecule has 0 radical (unpaired) electrons. The van der Waals surface area contributed by atoms with E-state index in [0.29, 0.717) is 6.04 Å². The number of hydrogen-bond donors (Lipinski definition) is 0. The zero-order valence-corrected chi connectivity index (χ0v) is 12.8. The first-order valence-corrected chi connectivity index (χ1v) is 7.61. The molecule has 4 rings (SSSR count). The maximum Gasteiger partial charge on any atom is 0.163 e. The van der Waals surface area contributed by atoms with Gasteiger partial charge in [-0.3, -0.25) is 9.36 Å². The van der Waals surface area contributed by atoms with Crippen LogP contribution in [0.2, 0.25) is 0 Å². The molecule has 1 fully saturated rings. The number of rotatable bonds is 3. The van der Waals surface area contributed by atoms with Crippen LogP contribution in [0.25, 0.3) is 11.0 Å². The quantitative estimate of drug-likeness (QED) is 0.733. The van der Waals surface area contributed by atoms with Crippen molar-refractivity contribution in [3.8, 4) is 0 Å². The fraction of sp³-hybridized carbons (Fsp3) is 0.467. The number of fused-ring (bicyclic) bond motifs is 1. The van der Waals surface area contributed by atoms with Gasteiger partial charge in [-0.2, -0.15) is 10.2 Å². The Hall–Kier alpha value is -2.44. The highest BCUT2D eigenvalue weighted by molar-refractivity contribution is 5.86. The van der Waals surface area contributed by atoms with Gasteiger partial charge in [0.25, 0.3) is 0 Å². The lowest BCUT2D eigenvalue weighted by atomic mass is 10.2. The van der Waals surface area contributed by atoms with Gasteiger partial charge in [0.15, 0.2) is 5.65 Å². The normalized spacial score (nSPS) is 18.5.